The van der Waals surface area contributed by atoms with Crippen LogP contribution in [0, 0.1) is 6.92 Å². The third kappa shape index (κ3) is 2.32. The average Bonchev–Trinajstić information content (AvgIpc) is 2.82. The Bertz CT molecular complexity index is 795. The van der Waals surface area contributed by atoms with Crippen molar-refractivity contribution in [1.82, 2.24) is 9.61 Å². The third-order valence-corrected chi connectivity index (χ3v) is 3.74. The van der Waals surface area contributed by atoms with Crippen molar-refractivity contribution in [2.75, 3.05) is 5.32 Å². The van der Waals surface area contributed by atoms with Crippen LogP contribution in [0.1, 0.15) is 15.9 Å². The molecule has 2 heterocycles. The number of amides is 1. The van der Waals surface area contributed by atoms with E-state index < -0.39 is 0 Å². The normalized spacial score (nSPS) is 10.7. The summed E-state index contributed by atoms with van der Waals surface area (Å²) >= 11 is 3.41. The second-order valence-corrected chi connectivity index (χ2v) is 5.36. The molecular weight excluding hydrogens is 318 g/mol. The van der Waals surface area contributed by atoms with E-state index in [4.69, 9.17) is 0 Å². The lowest BCUT2D eigenvalue weighted by Crippen LogP contribution is -2.13. The van der Waals surface area contributed by atoms with E-state index in [9.17, 15) is 4.79 Å². The Balaban J connectivity index is 1.92. The van der Waals surface area contributed by atoms with Crippen LogP contribution in [0.15, 0.2) is 53.3 Å². The first-order chi connectivity index (χ1) is 9.65. The topological polar surface area (TPSA) is 46.4 Å². The number of carbonyl (C=O) groups excluding carboxylic acids is 1. The predicted octanol–water partition coefficient (Wildman–Crippen LogP) is 3.66. The standard InChI is InChI=1S/C15H12BrN3O/c1-10-4-2-3-5-13(10)18-15(20)11-6-7-19-14(8-11)12(16)9-17-19/h2-9H,1H3,(H,18,20). The molecule has 2 aromatic heterocycles. The van der Waals surface area contributed by atoms with Crippen molar-refractivity contribution < 1.29 is 4.79 Å². The number of para-hydroxylation sites is 1. The summed E-state index contributed by atoms with van der Waals surface area (Å²) in [6, 6.07) is 11.3. The molecule has 0 aliphatic heterocycles. The number of fused-ring (bicyclic) bond motifs is 1. The van der Waals surface area contributed by atoms with E-state index in [-0.39, 0.29) is 5.91 Å². The fourth-order valence-electron chi connectivity index (χ4n) is 2.00. The van der Waals surface area contributed by atoms with Gasteiger partial charge in [0.15, 0.2) is 0 Å². The molecule has 0 atom stereocenters. The number of rotatable bonds is 2. The predicted molar refractivity (Wildman–Crippen MR) is 82.0 cm³/mol. The Morgan fingerprint density at radius 1 is 1.30 bits per heavy atom. The number of carbonyl (C=O) groups is 1. The SMILES string of the molecule is Cc1ccccc1NC(=O)c1ccn2ncc(Br)c2c1. The molecule has 0 saturated heterocycles. The van der Waals surface area contributed by atoms with E-state index in [0.29, 0.717) is 5.56 Å². The van der Waals surface area contributed by atoms with Gasteiger partial charge in [-0.3, -0.25) is 4.79 Å². The van der Waals surface area contributed by atoms with Gasteiger partial charge in [0.2, 0.25) is 0 Å². The van der Waals surface area contributed by atoms with Crippen LogP contribution in [-0.2, 0) is 0 Å². The monoisotopic (exact) mass is 329 g/mol. The lowest BCUT2D eigenvalue weighted by atomic mass is 10.2. The van der Waals surface area contributed by atoms with Gasteiger partial charge in [-0.1, -0.05) is 18.2 Å². The number of pyridine rings is 1. The van der Waals surface area contributed by atoms with Gasteiger partial charge < -0.3 is 5.32 Å². The van der Waals surface area contributed by atoms with Crippen molar-refractivity contribution in [3.05, 3.63) is 64.4 Å². The van der Waals surface area contributed by atoms with Gasteiger partial charge in [-0.05, 0) is 46.6 Å². The number of aromatic nitrogens is 2. The minimum atomic E-state index is -0.130. The first-order valence-electron chi connectivity index (χ1n) is 6.15. The van der Waals surface area contributed by atoms with Gasteiger partial charge in [-0.25, -0.2) is 4.52 Å². The molecule has 0 bridgehead atoms. The maximum atomic E-state index is 12.3. The van der Waals surface area contributed by atoms with Crippen molar-refractivity contribution in [3.63, 3.8) is 0 Å². The molecule has 3 rings (SSSR count). The Labute approximate surface area is 124 Å². The maximum Gasteiger partial charge on any atom is 0.255 e. The fourth-order valence-corrected chi connectivity index (χ4v) is 2.39. The van der Waals surface area contributed by atoms with Gasteiger partial charge in [0.25, 0.3) is 5.91 Å². The third-order valence-electron chi connectivity index (χ3n) is 3.13. The largest absolute Gasteiger partial charge is 0.322 e. The highest BCUT2D eigenvalue weighted by molar-refractivity contribution is 9.10. The number of benzene rings is 1. The smallest absolute Gasteiger partial charge is 0.255 e. The van der Waals surface area contributed by atoms with E-state index in [1.807, 2.05) is 37.3 Å². The molecule has 0 fully saturated rings. The summed E-state index contributed by atoms with van der Waals surface area (Å²) in [5, 5.41) is 7.07. The van der Waals surface area contributed by atoms with Gasteiger partial charge in [-0.15, -0.1) is 0 Å². The Kier molecular flexibility index (Phi) is 3.28. The molecule has 0 aliphatic carbocycles. The van der Waals surface area contributed by atoms with E-state index in [0.717, 1.165) is 21.2 Å². The highest BCUT2D eigenvalue weighted by atomic mass is 79.9. The number of aryl methyl sites for hydroxylation is 1. The summed E-state index contributed by atoms with van der Waals surface area (Å²) in [7, 11) is 0. The summed E-state index contributed by atoms with van der Waals surface area (Å²) in [5.41, 5.74) is 3.32. The van der Waals surface area contributed by atoms with Crippen LogP contribution in [0.4, 0.5) is 5.69 Å². The summed E-state index contributed by atoms with van der Waals surface area (Å²) in [6.07, 6.45) is 3.48. The number of hydrogen-bond donors (Lipinski definition) is 1. The van der Waals surface area contributed by atoms with Gasteiger partial charge in [0.1, 0.15) is 0 Å². The Morgan fingerprint density at radius 3 is 2.90 bits per heavy atom. The summed E-state index contributed by atoms with van der Waals surface area (Å²) in [5.74, 6) is -0.130. The Hall–Kier alpha value is -2.14. The number of hydrogen-bond acceptors (Lipinski definition) is 2. The highest BCUT2D eigenvalue weighted by Gasteiger charge is 2.10. The minimum Gasteiger partial charge on any atom is -0.322 e. The van der Waals surface area contributed by atoms with Crippen LogP contribution >= 0.6 is 15.9 Å². The fraction of sp³-hybridized carbons (Fsp3) is 0.0667. The zero-order valence-corrected chi connectivity index (χ0v) is 12.4. The van der Waals surface area contributed by atoms with Crippen molar-refractivity contribution in [3.8, 4) is 0 Å². The van der Waals surface area contributed by atoms with Crippen LogP contribution in [-0.4, -0.2) is 15.5 Å². The molecule has 0 aliphatic rings. The van der Waals surface area contributed by atoms with Gasteiger partial charge >= 0.3 is 0 Å². The second kappa shape index (κ2) is 5.09. The van der Waals surface area contributed by atoms with Crippen molar-refractivity contribution >= 4 is 33.0 Å². The van der Waals surface area contributed by atoms with Crippen LogP contribution in [0.5, 0.6) is 0 Å². The quantitative estimate of drug-likeness (QED) is 0.779. The van der Waals surface area contributed by atoms with Crippen molar-refractivity contribution in [1.29, 1.82) is 0 Å². The molecule has 1 N–H and O–H groups in total. The molecule has 5 heteroatoms. The number of nitrogens with one attached hydrogen (secondary N) is 1. The van der Waals surface area contributed by atoms with Gasteiger partial charge in [-0.2, -0.15) is 5.10 Å². The molecule has 0 spiro atoms. The molecule has 0 radical (unpaired) electrons. The molecule has 100 valence electrons. The molecule has 1 amide bonds. The molecule has 3 aromatic rings. The van der Waals surface area contributed by atoms with E-state index in [1.54, 1.807) is 23.0 Å². The van der Waals surface area contributed by atoms with Gasteiger partial charge in [0.05, 0.1) is 16.2 Å². The Morgan fingerprint density at radius 2 is 2.10 bits per heavy atom. The number of nitrogens with zero attached hydrogens (tertiary/aromatic N) is 2. The van der Waals surface area contributed by atoms with Crippen LogP contribution in [0.25, 0.3) is 5.52 Å². The van der Waals surface area contributed by atoms with Crippen LogP contribution < -0.4 is 5.32 Å². The number of halogens is 1. The van der Waals surface area contributed by atoms with Crippen LogP contribution in [0.2, 0.25) is 0 Å². The lowest BCUT2D eigenvalue weighted by molar-refractivity contribution is 0.102. The molecule has 4 nitrogen and oxygen atoms in total. The summed E-state index contributed by atoms with van der Waals surface area (Å²) in [6.45, 7) is 1.96. The molecule has 1 aromatic carbocycles. The molecule has 0 saturated carbocycles. The second-order valence-electron chi connectivity index (χ2n) is 4.51. The van der Waals surface area contributed by atoms with Crippen molar-refractivity contribution in [2.45, 2.75) is 6.92 Å². The zero-order chi connectivity index (χ0) is 14.1. The van der Waals surface area contributed by atoms with E-state index in [1.165, 1.54) is 0 Å². The van der Waals surface area contributed by atoms with Gasteiger partial charge in [0, 0.05) is 17.4 Å². The van der Waals surface area contributed by atoms with E-state index >= 15 is 0 Å². The molecule has 0 unspecified atom stereocenters. The first-order valence-corrected chi connectivity index (χ1v) is 6.94. The molecule has 20 heavy (non-hydrogen) atoms. The zero-order valence-electron chi connectivity index (χ0n) is 10.8. The highest BCUT2D eigenvalue weighted by Crippen LogP contribution is 2.19. The van der Waals surface area contributed by atoms with Crippen LogP contribution in [0.3, 0.4) is 0 Å². The number of anilines is 1. The van der Waals surface area contributed by atoms with E-state index in [2.05, 4.69) is 26.3 Å². The minimum absolute atomic E-state index is 0.130. The lowest BCUT2D eigenvalue weighted by Gasteiger charge is -2.08. The first kappa shape index (κ1) is 12.9. The maximum absolute atomic E-state index is 12.3. The molecular formula is C15H12BrN3O. The van der Waals surface area contributed by atoms with Crippen molar-refractivity contribution in [2.24, 2.45) is 0 Å². The average molecular weight is 330 g/mol. The summed E-state index contributed by atoms with van der Waals surface area (Å²) in [4.78, 5) is 12.3. The summed E-state index contributed by atoms with van der Waals surface area (Å²) < 4.78 is 2.58.